The van der Waals surface area contributed by atoms with Crippen LogP contribution in [0, 0.1) is 0 Å². The Bertz CT molecular complexity index is 1120. The van der Waals surface area contributed by atoms with Crippen molar-refractivity contribution in [1.29, 1.82) is 0 Å². The predicted molar refractivity (Wildman–Crippen MR) is 124 cm³/mol. The van der Waals surface area contributed by atoms with Crippen LogP contribution in [0.15, 0.2) is 45.3 Å². The Morgan fingerprint density at radius 3 is 2.47 bits per heavy atom. The van der Waals surface area contributed by atoms with Gasteiger partial charge in [-0.1, -0.05) is 35.5 Å². The van der Waals surface area contributed by atoms with Crippen LogP contribution in [-0.2, 0) is 0 Å². The summed E-state index contributed by atoms with van der Waals surface area (Å²) in [6, 6.07) is 12.1. The van der Waals surface area contributed by atoms with Crippen LogP contribution in [0.1, 0.15) is 59.9 Å². The molecule has 0 atom stereocenters. The van der Waals surface area contributed by atoms with E-state index < -0.39 is 0 Å². The lowest BCUT2D eigenvalue weighted by atomic mass is 9.80. The number of hydrogen-bond acceptors (Lipinski definition) is 8. The van der Waals surface area contributed by atoms with Gasteiger partial charge in [0.15, 0.2) is 0 Å². The summed E-state index contributed by atoms with van der Waals surface area (Å²) in [5, 5.41) is 15.7. The van der Waals surface area contributed by atoms with E-state index in [0.717, 1.165) is 37.4 Å². The van der Waals surface area contributed by atoms with Crippen molar-refractivity contribution in [1.82, 2.24) is 30.5 Å². The maximum Gasteiger partial charge on any atom is 0.290 e. The van der Waals surface area contributed by atoms with Crippen LogP contribution in [-0.4, -0.2) is 76.4 Å². The van der Waals surface area contributed by atoms with Crippen LogP contribution in [0.5, 0.6) is 0 Å². The lowest BCUT2D eigenvalue weighted by Crippen LogP contribution is -2.53. The van der Waals surface area contributed by atoms with Crippen molar-refractivity contribution in [2.24, 2.45) is 0 Å². The van der Waals surface area contributed by atoms with E-state index in [9.17, 15) is 4.79 Å². The number of aromatic nitrogens is 3. The quantitative estimate of drug-likeness (QED) is 0.597. The van der Waals surface area contributed by atoms with Crippen molar-refractivity contribution >= 4 is 5.91 Å². The maximum absolute atomic E-state index is 12.6. The molecular formula is C25H30N6O3. The molecule has 6 rings (SSSR count). The van der Waals surface area contributed by atoms with Gasteiger partial charge in [-0.2, -0.15) is 0 Å². The molecule has 1 N–H and O–H groups in total. The first kappa shape index (κ1) is 21.5. The number of rotatable bonds is 6. The van der Waals surface area contributed by atoms with Crippen molar-refractivity contribution < 1.29 is 13.7 Å². The molecule has 34 heavy (non-hydrogen) atoms. The normalized spacial score (nSPS) is 24.5. The summed E-state index contributed by atoms with van der Waals surface area (Å²) in [7, 11) is 2.20. The van der Waals surface area contributed by atoms with Gasteiger partial charge in [0, 0.05) is 42.7 Å². The standard InChI is InChI=1S/C25H30N6O3/c1-30-9-7-20(8-10-30)31-14-18(15-31)25-28-27-24(33-25)17-11-19(12-17)26-23(32)22-13-21(29-34-22)16-5-3-2-4-6-16/h2-6,13,17-20H,7-12,14-15H2,1H3,(H,26,32). The number of benzene rings is 1. The van der Waals surface area contributed by atoms with Crippen molar-refractivity contribution in [3.63, 3.8) is 0 Å². The highest BCUT2D eigenvalue weighted by Gasteiger charge is 2.40. The zero-order chi connectivity index (χ0) is 23.1. The SMILES string of the molecule is CN1CCC(N2CC(c3nnc(C4CC(NC(=O)c5cc(-c6ccccc6)no5)C4)o3)C2)CC1. The molecule has 0 bridgehead atoms. The molecule has 2 aromatic heterocycles. The van der Waals surface area contributed by atoms with Gasteiger partial charge < -0.3 is 19.2 Å². The third-order valence-electron chi connectivity index (χ3n) is 7.55. The van der Waals surface area contributed by atoms with Gasteiger partial charge in [0.2, 0.25) is 17.5 Å². The molecule has 9 nitrogen and oxygen atoms in total. The average molecular weight is 463 g/mol. The fourth-order valence-corrected chi connectivity index (χ4v) is 5.22. The predicted octanol–water partition coefficient (Wildman–Crippen LogP) is 2.89. The number of piperidine rings is 1. The van der Waals surface area contributed by atoms with E-state index >= 15 is 0 Å². The molecule has 3 aromatic rings. The summed E-state index contributed by atoms with van der Waals surface area (Å²) < 4.78 is 11.3. The van der Waals surface area contributed by atoms with Crippen molar-refractivity contribution in [3.05, 3.63) is 53.9 Å². The molecule has 2 aliphatic heterocycles. The number of likely N-dealkylation sites (tertiary alicyclic amines) is 2. The summed E-state index contributed by atoms with van der Waals surface area (Å²) in [6.45, 7) is 4.39. The first-order valence-electron chi connectivity index (χ1n) is 12.2. The van der Waals surface area contributed by atoms with Crippen LogP contribution in [0.25, 0.3) is 11.3 Å². The highest BCUT2D eigenvalue weighted by atomic mass is 16.5. The number of nitrogens with zero attached hydrogens (tertiary/aromatic N) is 5. The van der Waals surface area contributed by atoms with Crippen molar-refractivity contribution in [3.8, 4) is 11.3 Å². The Kier molecular flexibility index (Phi) is 5.66. The average Bonchev–Trinajstić information content (AvgIpc) is 3.47. The van der Waals surface area contributed by atoms with Crippen molar-refractivity contribution in [2.45, 2.75) is 49.6 Å². The van der Waals surface area contributed by atoms with Crippen LogP contribution in [0.3, 0.4) is 0 Å². The van der Waals surface area contributed by atoms with Crippen LogP contribution >= 0.6 is 0 Å². The summed E-state index contributed by atoms with van der Waals surface area (Å²) >= 11 is 0. The fourth-order valence-electron chi connectivity index (χ4n) is 5.22. The number of nitrogens with one attached hydrogen (secondary N) is 1. The molecule has 1 saturated carbocycles. The minimum atomic E-state index is -0.243. The second kappa shape index (κ2) is 8.96. The van der Waals surface area contributed by atoms with Gasteiger partial charge in [0.05, 0.1) is 5.92 Å². The zero-order valence-electron chi connectivity index (χ0n) is 19.4. The highest BCUT2D eigenvalue weighted by molar-refractivity contribution is 5.92. The van der Waals surface area contributed by atoms with E-state index in [4.69, 9.17) is 8.94 Å². The van der Waals surface area contributed by atoms with Crippen LogP contribution < -0.4 is 5.32 Å². The molecule has 4 heterocycles. The molecule has 0 spiro atoms. The molecule has 3 aliphatic rings. The van der Waals surface area contributed by atoms with Crippen LogP contribution in [0.2, 0.25) is 0 Å². The Labute approximate surface area is 198 Å². The minimum Gasteiger partial charge on any atom is -0.425 e. The molecule has 1 amide bonds. The van der Waals surface area contributed by atoms with E-state index in [-0.39, 0.29) is 23.6 Å². The number of carbonyl (C=O) groups is 1. The lowest BCUT2D eigenvalue weighted by Gasteiger charge is -2.45. The molecule has 0 unspecified atom stereocenters. The van der Waals surface area contributed by atoms with E-state index in [0.29, 0.717) is 23.5 Å². The molecule has 1 aliphatic carbocycles. The summed E-state index contributed by atoms with van der Waals surface area (Å²) in [6.07, 6.45) is 4.07. The van der Waals surface area contributed by atoms with Gasteiger partial charge in [0.25, 0.3) is 5.91 Å². The third-order valence-corrected chi connectivity index (χ3v) is 7.55. The molecule has 0 radical (unpaired) electrons. The van der Waals surface area contributed by atoms with Gasteiger partial charge in [0.1, 0.15) is 5.69 Å². The summed E-state index contributed by atoms with van der Waals surface area (Å²) in [5.74, 6) is 1.99. The van der Waals surface area contributed by atoms with Crippen molar-refractivity contribution in [2.75, 3.05) is 33.2 Å². The molecule has 3 fully saturated rings. The number of carbonyl (C=O) groups excluding carboxylic acids is 1. The Balaban J connectivity index is 0.969. The zero-order valence-corrected chi connectivity index (χ0v) is 19.4. The monoisotopic (exact) mass is 462 g/mol. The summed E-state index contributed by atoms with van der Waals surface area (Å²) in [4.78, 5) is 17.5. The second-order valence-electron chi connectivity index (χ2n) is 9.94. The molecule has 178 valence electrons. The topological polar surface area (TPSA) is 101 Å². The lowest BCUT2D eigenvalue weighted by molar-refractivity contribution is 0.0433. The minimum absolute atomic E-state index is 0.0711. The van der Waals surface area contributed by atoms with E-state index in [2.05, 4.69) is 37.5 Å². The first-order valence-corrected chi connectivity index (χ1v) is 12.2. The largest absolute Gasteiger partial charge is 0.425 e. The Morgan fingerprint density at radius 2 is 1.74 bits per heavy atom. The highest BCUT2D eigenvalue weighted by Crippen LogP contribution is 2.38. The van der Waals surface area contributed by atoms with E-state index in [1.165, 1.54) is 25.9 Å². The van der Waals surface area contributed by atoms with Crippen LogP contribution in [0.4, 0.5) is 0 Å². The Hall–Kier alpha value is -3.04. The van der Waals surface area contributed by atoms with E-state index in [1.54, 1.807) is 6.07 Å². The number of hydrogen-bond donors (Lipinski definition) is 1. The second-order valence-corrected chi connectivity index (χ2v) is 9.94. The molecule has 1 aromatic carbocycles. The van der Waals surface area contributed by atoms with Gasteiger partial charge in [-0.15, -0.1) is 10.2 Å². The van der Waals surface area contributed by atoms with E-state index in [1.807, 2.05) is 30.3 Å². The molecular weight excluding hydrogens is 432 g/mol. The van der Waals surface area contributed by atoms with Gasteiger partial charge in [-0.05, 0) is 45.8 Å². The third kappa shape index (κ3) is 4.25. The van der Waals surface area contributed by atoms with Gasteiger partial charge in [-0.25, -0.2) is 0 Å². The summed E-state index contributed by atoms with van der Waals surface area (Å²) in [5.41, 5.74) is 1.57. The maximum atomic E-state index is 12.6. The first-order chi connectivity index (χ1) is 16.6. The molecule has 2 saturated heterocycles. The van der Waals surface area contributed by atoms with Gasteiger partial charge >= 0.3 is 0 Å². The van der Waals surface area contributed by atoms with Gasteiger partial charge in [-0.3, -0.25) is 9.69 Å². The Morgan fingerprint density at radius 1 is 1.03 bits per heavy atom. The fraction of sp³-hybridized carbons (Fsp3) is 0.520. The smallest absolute Gasteiger partial charge is 0.290 e. The number of amides is 1. The molecule has 9 heteroatoms.